The van der Waals surface area contributed by atoms with Crippen LogP contribution in [0.15, 0.2) is 11.6 Å². The number of rotatable bonds is 5. The van der Waals surface area contributed by atoms with Crippen LogP contribution in [0.2, 0.25) is 0 Å². The number of allylic oxidation sites excluding steroid dienone is 1. The van der Waals surface area contributed by atoms with Gasteiger partial charge in [-0.2, -0.15) is 0 Å². The predicted molar refractivity (Wildman–Crippen MR) is 116 cm³/mol. The molecule has 0 aromatic heterocycles. The van der Waals surface area contributed by atoms with Crippen LogP contribution < -0.4 is 0 Å². The molecule has 4 rings (SSSR count). The third kappa shape index (κ3) is 3.40. The highest BCUT2D eigenvalue weighted by Gasteiger charge is 2.60. The van der Waals surface area contributed by atoms with E-state index in [1.807, 2.05) is 6.92 Å². The number of aliphatic hydroxyl groups excluding tert-OH is 1. The zero-order chi connectivity index (χ0) is 20.8. The van der Waals surface area contributed by atoms with Crippen molar-refractivity contribution in [3.63, 3.8) is 0 Å². The van der Waals surface area contributed by atoms with Crippen molar-refractivity contribution in [3.05, 3.63) is 11.6 Å². The Morgan fingerprint density at radius 2 is 2.03 bits per heavy atom. The van der Waals surface area contributed by atoms with Crippen LogP contribution >= 0.6 is 0 Å². The lowest BCUT2D eigenvalue weighted by molar-refractivity contribution is -0.143. The minimum atomic E-state index is -0.152. The molecule has 0 radical (unpaired) electrons. The standard InChI is InChI=1S/C26H42O3/c1-5-29-24(28)14-9-17(2)20-12-13-21-19-11-10-18-7-6-8-23(27)26(18,4)22(19)15-16-25(20,21)3/h10,17,19-23,27H,5-9,11-16H2,1-4H3/t17-,19+,20-,21+,22+,23-,25+,26-/m0/s1. The molecule has 0 unspecified atom stereocenters. The molecule has 3 heteroatoms. The van der Waals surface area contributed by atoms with E-state index in [0.29, 0.717) is 30.3 Å². The summed E-state index contributed by atoms with van der Waals surface area (Å²) in [7, 11) is 0. The Labute approximate surface area is 177 Å². The van der Waals surface area contributed by atoms with Crippen molar-refractivity contribution in [2.75, 3.05) is 6.61 Å². The molecule has 0 bridgehead atoms. The van der Waals surface area contributed by atoms with Gasteiger partial charge in [0.15, 0.2) is 0 Å². The first-order chi connectivity index (χ1) is 13.8. The lowest BCUT2D eigenvalue weighted by Crippen LogP contribution is -2.54. The summed E-state index contributed by atoms with van der Waals surface area (Å²) >= 11 is 0. The maximum Gasteiger partial charge on any atom is 0.305 e. The quantitative estimate of drug-likeness (QED) is 0.459. The van der Waals surface area contributed by atoms with Crippen LogP contribution in [0.25, 0.3) is 0 Å². The highest BCUT2D eigenvalue weighted by molar-refractivity contribution is 5.69. The summed E-state index contributed by atoms with van der Waals surface area (Å²) in [6.45, 7) is 9.69. The van der Waals surface area contributed by atoms with Gasteiger partial charge in [0.2, 0.25) is 0 Å². The van der Waals surface area contributed by atoms with Crippen LogP contribution in [0, 0.1) is 40.4 Å². The molecule has 0 aliphatic heterocycles. The summed E-state index contributed by atoms with van der Waals surface area (Å²) in [6, 6.07) is 0. The molecule has 0 aromatic carbocycles. The first kappa shape index (κ1) is 21.4. The third-order valence-electron chi connectivity index (χ3n) is 10.0. The maximum atomic E-state index is 11.9. The first-order valence-electron chi connectivity index (χ1n) is 12.4. The van der Waals surface area contributed by atoms with Crippen LogP contribution in [-0.2, 0) is 9.53 Å². The average Bonchev–Trinajstić information content (AvgIpc) is 3.05. The summed E-state index contributed by atoms with van der Waals surface area (Å²) in [5.74, 6) is 3.43. The third-order valence-corrected chi connectivity index (χ3v) is 10.0. The van der Waals surface area contributed by atoms with Crippen LogP contribution in [0.3, 0.4) is 0 Å². The van der Waals surface area contributed by atoms with Gasteiger partial charge in [-0.05, 0) is 99.7 Å². The highest BCUT2D eigenvalue weighted by atomic mass is 16.5. The molecule has 1 N–H and O–H groups in total. The molecule has 8 atom stereocenters. The number of aliphatic hydroxyl groups is 1. The molecule has 3 saturated carbocycles. The number of carbonyl (C=O) groups excluding carboxylic acids is 1. The van der Waals surface area contributed by atoms with Gasteiger partial charge in [-0.3, -0.25) is 4.79 Å². The molecule has 3 nitrogen and oxygen atoms in total. The Morgan fingerprint density at radius 3 is 2.79 bits per heavy atom. The zero-order valence-corrected chi connectivity index (χ0v) is 19.1. The van der Waals surface area contributed by atoms with Gasteiger partial charge in [-0.15, -0.1) is 0 Å². The molecule has 29 heavy (non-hydrogen) atoms. The molecule has 4 aliphatic carbocycles. The molecule has 0 saturated heterocycles. The molecule has 164 valence electrons. The monoisotopic (exact) mass is 402 g/mol. The number of esters is 1. The molecular formula is C26H42O3. The summed E-state index contributed by atoms with van der Waals surface area (Å²) < 4.78 is 5.16. The maximum absolute atomic E-state index is 11.9. The number of carbonyl (C=O) groups is 1. The van der Waals surface area contributed by atoms with Gasteiger partial charge in [0.25, 0.3) is 0 Å². The lowest BCUT2D eigenvalue weighted by atomic mass is 9.46. The van der Waals surface area contributed by atoms with E-state index in [1.54, 1.807) is 5.57 Å². The second-order valence-electron chi connectivity index (χ2n) is 11.1. The Hall–Kier alpha value is -0.830. The van der Waals surface area contributed by atoms with E-state index in [1.165, 1.54) is 38.5 Å². The molecule has 0 heterocycles. The average molecular weight is 403 g/mol. The smallest absolute Gasteiger partial charge is 0.305 e. The van der Waals surface area contributed by atoms with Crippen LogP contribution in [0.5, 0.6) is 0 Å². The van der Waals surface area contributed by atoms with Crippen molar-refractivity contribution in [1.29, 1.82) is 0 Å². The van der Waals surface area contributed by atoms with E-state index in [9.17, 15) is 9.90 Å². The van der Waals surface area contributed by atoms with E-state index < -0.39 is 0 Å². The Morgan fingerprint density at radius 1 is 1.24 bits per heavy atom. The van der Waals surface area contributed by atoms with Crippen molar-refractivity contribution in [3.8, 4) is 0 Å². The van der Waals surface area contributed by atoms with E-state index >= 15 is 0 Å². The predicted octanol–water partition coefficient (Wildman–Crippen LogP) is 5.91. The molecule has 4 aliphatic rings. The second-order valence-corrected chi connectivity index (χ2v) is 11.1. The van der Waals surface area contributed by atoms with Gasteiger partial charge >= 0.3 is 5.97 Å². The number of hydrogen-bond acceptors (Lipinski definition) is 3. The minimum Gasteiger partial charge on any atom is -0.466 e. The second kappa shape index (κ2) is 8.02. The van der Waals surface area contributed by atoms with E-state index in [-0.39, 0.29) is 17.5 Å². The lowest BCUT2D eigenvalue weighted by Gasteiger charge is -2.59. The van der Waals surface area contributed by atoms with Gasteiger partial charge in [0.05, 0.1) is 12.7 Å². The Bertz CT molecular complexity index is 654. The van der Waals surface area contributed by atoms with E-state index in [4.69, 9.17) is 4.74 Å². The first-order valence-corrected chi connectivity index (χ1v) is 12.4. The van der Waals surface area contributed by atoms with Gasteiger partial charge in [0.1, 0.15) is 0 Å². The molecule has 3 fully saturated rings. The number of ether oxygens (including phenoxy) is 1. The topological polar surface area (TPSA) is 46.5 Å². The highest BCUT2D eigenvalue weighted by Crippen LogP contribution is 2.67. The molecule has 0 amide bonds. The van der Waals surface area contributed by atoms with E-state index in [2.05, 4.69) is 26.8 Å². The van der Waals surface area contributed by atoms with Gasteiger partial charge in [-0.1, -0.05) is 32.4 Å². The fourth-order valence-corrected chi connectivity index (χ4v) is 8.47. The SMILES string of the molecule is CCOC(=O)CC[C@H](C)[C@@H]1CC[C@@H]2[C@H]3CC=C4CCC[C@H](O)[C@]4(C)[C@@H]3CC[C@@]21C. The molecule has 0 spiro atoms. The van der Waals surface area contributed by atoms with Crippen molar-refractivity contribution in [2.24, 2.45) is 40.4 Å². The minimum absolute atomic E-state index is 0.0239. The van der Waals surface area contributed by atoms with Crippen molar-refractivity contribution in [2.45, 2.75) is 98.0 Å². The number of hydrogen-bond donors (Lipinski definition) is 1. The summed E-state index contributed by atoms with van der Waals surface area (Å²) in [4.78, 5) is 11.9. The molecular weight excluding hydrogens is 360 g/mol. The largest absolute Gasteiger partial charge is 0.466 e. The zero-order valence-electron chi connectivity index (χ0n) is 19.1. The van der Waals surface area contributed by atoms with Crippen LogP contribution in [-0.4, -0.2) is 23.8 Å². The van der Waals surface area contributed by atoms with Gasteiger partial charge in [0, 0.05) is 11.8 Å². The number of fused-ring (bicyclic) bond motifs is 5. The Kier molecular flexibility index (Phi) is 5.92. The van der Waals surface area contributed by atoms with Crippen molar-refractivity contribution in [1.82, 2.24) is 0 Å². The van der Waals surface area contributed by atoms with Crippen molar-refractivity contribution < 1.29 is 14.6 Å². The van der Waals surface area contributed by atoms with E-state index in [0.717, 1.165) is 37.0 Å². The normalized spacial score (nSPS) is 44.9. The van der Waals surface area contributed by atoms with Crippen LogP contribution in [0.4, 0.5) is 0 Å². The van der Waals surface area contributed by atoms with Crippen LogP contribution in [0.1, 0.15) is 91.9 Å². The fourth-order valence-electron chi connectivity index (χ4n) is 8.47. The Balaban J connectivity index is 1.50. The summed E-state index contributed by atoms with van der Waals surface area (Å²) in [5.41, 5.74) is 1.99. The van der Waals surface area contributed by atoms with Crippen molar-refractivity contribution >= 4 is 5.97 Å². The fraction of sp³-hybridized carbons (Fsp3) is 0.885. The molecule has 0 aromatic rings. The summed E-state index contributed by atoms with van der Waals surface area (Å²) in [5, 5.41) is 11.0. The van der Waals surface area contributed by atoms with Gasteiger partial charge < -0.3 is 9.84 Å². The van der Waals surface area contributed by atoms with Gasteiger partial charge in [-0.25, -0.2) is 0 Å². The summed E-state index contributed by atoms with van der Waals surface area (Å²) in [6.07, 6.45) is 13.7.